The van der Waals surface area contributed by atoms with E-state index in [1.807, 2.05) is 13.0 Å². The Balaban J connectivity index is 2.43. The Bertz CT molecular complexity index is 616. The highest BCUT2D eigenvalue weighted by Crippen LogP contribution is 2.28. The van der Waals surface area contributed by atoms with Gasteiger partial charge in [0.2, 0.25) is 0 Å². The third kappa shape index (κ3) is 2.08. The number of hydrogen-bond donors (Lipinski definition) is 2. The SMILES string of the molecule is Cc1ccc(-c2ccc(/C(N)=N/N)o2)cc1N=O. The average molecular weight is 244 g/mol. The summed E-state index contributed by atoms with van der Waals surface area (Å²) in [4.78, 5) is 10.6. The number of furan rings is 1. The van der Waals surface area contributed by atoms with E-state index in [-0.39, 0.29) is 5.84 Å². The van der Waals surface area contributed by atoms with Crippen molar-refractivity contribution in [2.24, 2.45) is 21.9 Å². The van der Waals surface area contributed by atoms with E-state index >= 15 is 0 Å². The minimum absolute atomic E-state index is 0.113. The fraction of sp³-hybridized carbons (Fsp3) is 0.0833. The number of nitrogens with zero attached hydrogens (tertiary/aromatic N) is 2. The van der Waals surface area contributed by atoms with Gasteiger partial charge in [-0.3, -0.25) is 0 Å². The van der Waals surface area contributed by atoms with Crippen molar-refractivity contribution < 1.29 is 4.42 Å². The summed E-state index contributed by atoms with van der Waals surface area (Å²) in [6.07, 6.45) is 0. The van der Waals surface area contributed by atoms with Crippen molar-refractivity contribution in [3.63, 3.8) is 0 Å². The quantitative estimate of drug-likeness (QED) is 0.284. The molecule has 0 unspecified atom stereocenters. The molecule has 0 atom stereocenters. The zero-order valence-corrected chi connectivity index (χ0v) is 9.75. The van der Waals surface area contributed by atoms with Gasteiger partial charge in [-0.15, -0.1) is 4.91 Å². The lowest BCUT2D eigenvalue weighted by molar-refractivity contribution is 0.571. The lowest BCUT2D eigenvalue weighted by Crippen LogP contribution is -2.14. The summed E-state index contributed by atoms with van der Waals surface area (Å²) in [5, 5.41) is 6.30. The molecule has 2 aromatic rings. The smallest absolute Gasteiger partial charge is 0.186 e. The summed E-state index contributed by atoms with van der Waals surface area (Å²) < 4.78 is 5.48. The lowest BCUT2D eigenvalue weighted by atomic mass is 10.1. The summed E-state index contributed by atoms with van der Waals surface area (Å²) in [7, 11) is 0. The molecule has 0 bridgehead atoms. The van der Waals surface area contributed by atoms with Crippen LogP contribution >= 0.6 is 0 Å². The first-order chi connectivity index (χ1) is 8.65. The number of hydrazone groups is 1. The predicted molar refractivity (Wildman–Crippen MR) is 69.2 cm³/mol. The molecule has 0 saturated carbocycles. The van der Waals surface area contributed by atoms with Gasteiger partial charge in [-0.25, -0.2) is 0 Å². The minimum Gasteiger partial charge on any atom is -0.453 e. The monoisotopic (exact) mass is 244 g/mol. The molecule has 0 fully saturated rings. The predicted octanol–water partition coefficient (Wildman–Crippen LogP) is 2.23. The molecule has 0 aliphatic rings. The molecule has 1 aromatic heterocycles. The van der Waals surface area contributed by atoms with E-state index < -0.39 is 0 Å². The van der Waals surface area contributed by atoms with Crippen LogP contribution < -0.4 is 11.6 Å². The van der Waals surface area contributed by atoms with Crippen molar-refractivity contribution >= 4 is 11.5 Å². The van der Waals surface area contributed by atoms with Gasteiger partial charge in [-0.05, 0) is 35.9 Å². The van der Waals surface area contributed by atoms with Crippen LogP contribution in [0.2, 0.25) is 0 Å². The molecule has 18 heavy (non-hydrogen) atoms. The van der Waals surface area contributed by atoms with Crippen molar-refractivity contribution in [1.82, 2.24) is 0 Å². The third-order valence-corrected chi connectivity index (χ3v) is 2.59. The molecule has 0 saturated heterocycles. The van der Waals surface area contributed by atoms with E-state index in [4.69, 9.17) is 16.0 Å². The van der Waals surface area contributed by atoms with Crippen LogP contribution in [0.5, 0.6) is 0 Å². The summed E-state index contributed by atoms with van der Waals surface area (Å²) in [6, 6.07) is 8.68. The molecular formula is C12H12N4O2. The molecule has 1 aromatic carbocycles. The number of aryl methyl sites for hydroxylation is 1. The molecule has 0 radical (unpaired) electrons. The molecule has 6 heteroatoms. The summed E-state index contributed by atoms with van der Waals surface area (Å²) in [5.41, 5.74) is 7.46. The number of hydrogen-bond acceptors (Lipinski definition) is 5. The Morgan fingerprint density at radius 3 is 2.72 bits per heavy atom. The number of benzene rings is 1. The van der Waals surface area contributed by atoms with Crippen molar-refractivity contribution in [1.29, 1.82) is 0 Å². The van der Waals surface area contributed by atoms with Crippen molar-refractivity contribution in [3.05, 3.63) is 46.6 Å². The highest BCUT2D eigenvalue weighted by Gasteiger charge is 2.09. The molecule has 0 amide bonds. The first-order valence-electron chi connectivity index (χ1n) is 5.23. The van der Waals surface area contributed by atoms with Crippen molar-refractivity contribution in [3.8, 4) is 11.3 Å². The van der Waals surface area contributed by atoms with Crippen molar-refractivity contribution in [2.45, 2.75) is 6.92 Å². The molecule has 0 spiro atoms. The maximum atomic E-state index is 10.6. The van der Waals surface area contributed by atoms with Crippen LogP contribution in [0, 0.1) is 11.8 Å². The Hall–Kier alpha value is -2.63. The van der Waals surface area contributed by atoms with E-state index in [0.717, 1.165) is 11.1 Å². The maximum absolute atomic E-state index is 10.6. The Morgan fingerprint density at radius 2 is 2.06 bits per heavy atom. The normalized spacial score (nSPS) is 11.5. The van der Waals surface area contributed by atoms with Gasteiger partial charge in [0, 0.05) is 5.56 Å². The van der Waals surface area contributed by atoms with Gasteiger partial charge >= 0.3 is 0 Å². The van der Waals surface area contributed by atoms with E-state index in [9.17, 15) is 4.91 Å². The average Bonchev–Trinajstić information content (AvgIpc) is 2.88. The van der Waals surface area contributed by atoms with Crippen LogP contribution in [-0.4, -0.2) is 5.84 Å². The van der Waals surface area contributed by atoms with Gasteiger partial charge in [-0.1, -0.05) is 12.1 Å². The van der Waals surface area contributed by atoms with Crippen LogP contribution in [0.4, 0.5) is 5.69 Å². The van der Waals surface area contributed by atoms with Crippen LogP contribution in [0.3, 0.4) is 0 Å². The van der Waals surface area contributed by atoms with E-state index in [0.29, 0.717) is 17.2 Å². The minimum atomic E-state index is 0.113. The zero-order chi connectivity index (χ0) is 13.1. The van der Waals surface area contributed by atoms with Gasteiger partial charge in [0.05, 0.1) is 0 Å². The molecule has 4 N–H and O–H groups in total. The molecule has 92 valence electrons. The molecule has 0 aliphatic carbocycles. The van der Waals surface area contributed by atoms with Crippen LogP contribution in [0.25, 0.3) is 11.3 Å². The first-order valence-corrected chi connectivity index (χ1v) is 5.23. The topological polar surface area (TPSA) is 107 Å². The van der Waals surface area contributed by atoms with E-state index in [2.05, 4.69) is 10.3 Å². The number of rotatable bonds is 3. The van der Waals surface area contributed by atoms with E-state index in [1.54, 1.807) is 24.3 Å². The second-order valence-corrected chi connectivity index (χ2v) is 3.77. The number of nitroso groups, excluding NO2 is 1. The van der Waals surface area contributed by atoms with Gasteiger partial charge in [0.25, 0.3) is 0 Å². The van der Waals surface area contributed by atoms with Crippen LogP contribution in [0.1, 0.15) is 11.3 Å². The largest absolute Gasteiger partial charge is 0.453 e. The van der Waals surface area contributed by atoms with Crippen LogP contribution in [-0.2, 0) is 0 Å². The molecule has 6 nitrogen and oxygen atoms in total. The molecule has 0 aliphatic heterocycles. The number of nitrogens with two attached hydrogens (primary N) is 2. The summed E-state index contributed by atoms with van der Waals surface area (Å²) in [6.45, 7) is 1.81. The summed E-state index contributed by atoms with van der Waals surface area (Å²) in [5.74, 6) is 6.13. The Morgan fingerprint density at radius 1 is 1.28 bits per heavy atom. The second-order valence-electron chi connectivity index (χ2n) is 3.77. The standard InChI is InChI=1S/C12H12N4O2/c1-7-2-3-8(6-9(7)16-17)10-4-5-11(18-10)12(13)15-14/h2-6H,14H2,1H3,(H2,13,15). The second kappa shape index (κ2) is 4.70. The fourth-order valence-electron chi connectivity index (χ4n) is 1.56. The third-order valence-electron chi connectivity index (χ3n) is 2.59. The van der Waals surface area contributed by atoms with Crippen LogP contribution in [0.15, 0.2) is 45.0 Å². The lowest BCUT2D eigenvalue weighted by Gasteiger charge is -2.00. The van der Waals surface area contributed by atoms with Gasteiger partial charge in [0.15, 0.2) is 11.6 Å². The highest BCUT2D eigenvalue weighted by molar-refractivity contribution is 5.95. The maximum Gasteiger partial charge on any atom is 0.186 e. The molecule has 2 rings (SSSR count). The fourth-order valence-corrected chi connectivity index (χ4v) is 1.56. The van der Waals surface area contributed by atoms with Gasteiger partial charge in [0.1, 0.15) is 11.4 Å². The highest BCUT2D eigenvalue weighted by atomic mass is 16.3. The molecular weight excluding hydrogens is 232 g/mol. The van der Waals surface area contributed by atoms with Gasteiger partial charge < -0.3 is 16.0 Å². The Labute approximate surface area is 103 Å². The van der Waals surface area contributed by atoms with Crippen molar-refractivity contribution in [2.75, 3.05) is 0 Å². The first kappa shape index (κ1) is 11.8. The number of amidine groups is 1. The molecule has 1 heterocycles. The zero-order valence-electron chi connectivity index (χ0n) is 9.75. The summed E-state index contributed by atoms with van der Waals surface area (Å²) >= 11 is 0. The van der Waals surface area contributed by atoms with E-state index in [1.165, 1.54) is 0 Å². The Kier molecular flexibility index (Phi) is 3.09. The van der Waals surface area contributed by atoms with Gasteiger partial charge in [-0.2, -0.15) is 5.10 Å².